The Kier molecular flexibility index (Phi) is 2.34. The molecule has 0 unspecified atom stereocenters. The lowest BCUT2D eigenvalue weighted by molar-refractivity contribution is 1.54. The summed E-state index contributed by atoms with van der Waals surface area (Å²) in [5, 5.41) is 0. The number of allylic oxidation sites excluding steroid dienone is 1. The van der Waals surface area contributed by atoms with Crippen molar-refractivity contribution in [3.05, 3.63) is 42.5 Å². The number of benzene rings is 1. The molecule has 1 aromatic carbocycles. The second kappa shape index (κ2) is 3.26. The van der Waals surface area contributed by atoms with Gasteiger partial charge in [-0.1, -0.05) is 36.9 Å². The highest BCUT2D eigenvalue weighted by molar-refractivity contribution is 5.78. The molecule has 2 N–H and O–H groups in total. The van der Waals surface area contributed by atoms with Crippen molar-refractivity contribution in [3.63, 3.8) is 0 Å². The summed E-state index contributed by atoms with van der Waals surface area (Å²) in [7, 11) is 0. The minimum absolute atomic E-state index is 0.755. The van der Waals surface area contributed by atoms with Crippen LogP contribution in [0.2, 0.25) is 0 Å². The fourth-order valence-electron chi connectivity index (χ4n) is 1.18. The van der Waals surface area contributed by atoms with Crippen LogP contribution in [0.5, 0.6) is 0 Å². The zero-order valence-corrected chi connectivity index (χ0v) is 7.30. The van der Waals surface area contributed by atoms with Crippen LogP contribution in [-0.4, -0.2) is 0 Å². The third-order valence-electron chi connectivity index (χ3n) is 1.80. The molecule has 1 heteroatoms. The molecule has 1 nitrogen and oxygen atoms in total. The molecule has 0 saturated carbocycles. The van der Waals surface area contributed by atoms with Gasteiger partial charge in [-0.2, -0.15) is 0 Å². The Morgan fingerprint density at radius 1 is 1.50 bits per heavy atom. The second-order valence-electron chi connectivity index (χ2n) is 2.79. The SMILES string of the molecule is C=Cc1c(N)cccc1C(=C)C. The summed E-state index contributed by atoms with van der Waals surface area (Å²) >= 11 is 0. The smallest absolute Gasteiger partial charge is 0.0393 e. The van der Waals surface area contributed by atoms with Crippen LogP contribution in [0.4, 0.5) is 5.69 Å². The van der Waals surface area contributed by atoms with Crippen molar-refractivity contribution in [2.24, 2.45) is 0 Å². The Morgan fingerprint density at radius 3 is 2.58 bits per heavy atom. The number of rotatable bonds is 2. The average Bonchev–Trinajstić information content (AvgIpc) is 2.03. The van der Waals surface area contributed by atoms with E-state index in [9.17, 15) is 0 Å². The molecule has 0 bridgehead atoms. The van der Waals surface area contributed by atoms with Crippen molar-refractivity contribution >= 4 is 17.3 Å². The van der Waals surface area contributed by atoms with Crippen molar-refractivity contribution in [1.29, 1.82) is 0 Å². The van der Waals surface area contributed by atoms with Gasteiger partial charge in [-0.15, -0.1) is 0 Å². The van der Waals surface area contributed by atoms with E-state index in [4.69, 9.17) is 5.73 Å². The number of hydrogen-bond donors (Lipinski definition) is 1. The highest BCUT2D eigenvalue weighted by Gasteiger charge is 2.01. The van der Waals surface area contributed by atoms with Gasteiger partial charge in [0.1, 0.15) is 0 Å². The summed E-state index contributed by atoms with van der Waals surface area (Å²) in [5.74, 6) is 0. The first-order chi connectivity index (χ1) is 5.66. The maximum Gasteiger partial charge on any atom is 0.0393 e. The molecule has 0 aliphatic rings. The van der Waals surface area contributed by atoms with Gasteiger partial charge in [0.15, 0.2) is 0 Å². The molecule has 0 aromatic heterocycles. The van der Waals surface area contributed by atoms with E-state index in [-0.39, 0.29) is 0 Å². The Balaban J connectivity index is 3.37. The molecule has 0 saturated heterocycles. The highest BCUT2D eigenvalue weighted by Crippen LogP contribution is 2.23. The second-order valence-corrected chi connectivity index (χ2v) is 2.79. The van der Waals surface area contributed by atoms with E-state index in [0.29, 0.717) is 0 Å². The molecule has 0 spiro atoms. The molecule has 12 heavy (non-hydrogen) atoms. The van der Waals surface area contributed by atoms with Crippen molar-refractivity contribution in [1.82, 2.24) is 0 Å². The first kappa shape index (κ1) is 8.60. The van der Waals surface area contributed by atoms with Gasteiger partial charge in [0, 0.05) is 11.3 Å². The predicted molar refractivity (Wildman–Crippen MR) is 55.7 cm³/mol. The Labute approximate surface area is 73.2 Å². The summed E-state index contributed by atoms with van der Waals surface area (Å²) < 4.78 is 0. The van der Waals surface area contributed by atoms with Crippen LogP contribution >= 0.6 is 0 Å². The molecule has 0 heterocycles. The minimum Gasteiger partial charge on any atom is -0.398 e. The largest absolute Gasteiger partial charge is 0.398 e. The zero-order chi connectivity index (χ0) is 9.14. The maximum absolute atomic E-state index is 5.76. The third kappa shape index (κ3) is 1.40. The molecule has 0 radical (unpaired) electrons. The maximum atomic E-state index is 5.76. The monoisotopic (exact) mass is 159 g/mol. The average molecular weight is 159 g/mol. The number of hydrogen-bond acceptors (Lipinski definition) is 1. The molecule has 0 aliphatic carbocycles. The summed E-state index contributed by atoms with van der Waals surface area (Å²) in [4.78, 5) is 0. The molecular weight excluding hydrogens is 146 g/mol. The van der Waals surface area contributed by atoms with Gasteiger partial charge >= 0.3 is 0 Å². The summed E-state index contributed by atoms with van der Waals surface area (Å²) in [6, 6.07) is 5.78. The van der Waals surface area contributed by atoms with Gasteiger partial charge in [0.05, 0.1) is 0 Å². The molecule has 1 aromatic rings. The van der Waals surface area contributed by atoms with E-state index < -0.39 is 0 Å². The first-order valence-corrected chi connectivity index (χ1v) is 3.83. The first-order valence-electron chi connectivity index (χ1n) is 3.83. The fourth-order valence-corrected chi connectivity index (χ4v) is 1.18. The molecule has 62 valence electrons. The molecule has 0 atom stereocenters. The topological polar surface area (TPSA) is 26.0 Å². The van der Waals surface area contributed by atoms with Crippen LogP contribution in [0.15, 0.2) is 31.4 Å². The van der Waals surface area contributed by atoms with E-state index in [2.05, 4.69) is 13.2 Å². The summed E-state index contributed by atoms with van der Waals surface area (Å²) in [5.41, 5.74) is 9.57. The number of nitrogens with two attached hydrogens (primary N) is 1. The van der Waals surface area contributed by atoms with Crippen LogP contribution in [-0.2, 0) is 0 Å². The van der Waals surface area contributed by atoms with Gasteiger partial charge in [-0.05, 0) is 18.6 Å². The Bertz CT molecular complexity index is 324. The number of nitrogen functional groups attached to an aromatic ring is 1. The van der Waals surface area contributed by atoms with E-state index in [1.54, 1.807) is 6.08 Å². The Morgan fingerprint density at radius 2 is 2.17 bits per heavy atom. The molecular formula is C11H13N. The summed E-state index contributed by atoms with van der Waals surface area (Å²) in [6.07, 6.45) is 1.76. The van der Waals surface area contributed by atoms with E-state index in [0.717, 1.165) is 22.4 Å². The lowest BCUT2D eigenvalue weighted by Crippen LogP contribution is -1.92. The van der Waals surface area contributed by atoms with E-state index in [1.165, 1.54) is 0 Å². The van der Waals surface area contributed by atoms with Gasteiger partial charge < -0.3 is 5.73 Å². The lowest BCUT2D eigenvalue weighted by atomic mass is 10.0. The molecule has 0 aliphatic heterocycles. The van der Waals surface area contributed by atoms with Crippen LogP contribution in [0.25, 0.3) is 11.6 Å². The van der Waals surface area contributed by atoms with Gasteiger partial charge in [-0.25, -0.2) is 0 Å². The van der Waals surface area contributed by atoms with Crippen molar-refractivity contribution < 1.29 is 0 Å². The minimum atomic E-state index is 0.755. The van der Waals surface area contributed by atoms with Crippen molar-refractivity contribution in [2.75, 3.05) is 5.73 Å². The van der Waals surface area contributed by atoms with E-state index >= 15 is 0 Å². The van der Waals surface area contributed by atoms with Crippen molar-refractivity contribution in [3.8, 4) is 0 Å². The van der Waals surface area contributed by atoms with Crippen LogP contribution in [0.3, 0.4) is 0 Å². The Hall–Kier alpha value is -1.50. The molecule has 1 rings (SSSR count). The predicted octanol–water partition coefficient (Wildman–Crippen LogP) is 2.94. The van der Waals surface area contributed by atoms with Gasteiger partial charge in [-0.3, -0.25) is 0 Å². The van der Waals surface area contributed by atoms with Crippen LogP contribution in [0.1, 0.15) is 18.1 Å². The molecule has 0 fully saturated rings. The van der Waals surface area contributed by atoms with Crippen LogP contribution < -0.4 is 5.73 Å². The molecule has 0 amide bonds. The normalized spacial score (nSPS) is 9.42. The van der Waals surface area contributed by atoms with Crippen molar-refractivity contribution in [2.45, 2.75) is 6.92 Å². The lowest BCUT2D eigenvalue weighted by Gasteiger charge is -2.07. The van der Waals surface area contributed by atoms with Crippen LogP contribution in [0, 0.1) is 0 Å². The highest BCUT2D eigenvalue weighted by atomic mass is 14.6. The standard InChI is InChI=1S/C11H13N/c1-4-9-10(8(2)3)6-5-7-11(9)12/h4-7H,1-2,12H2,3H3. The number of anilines is 1. The zero-order valence-electron chi connectivity index (χ0n) is 7.30. The van der Waals surface area contributed by atoms with Gasteiger partial charge in [0.2, 0.25) is 0 Å². The van der Waals surface area contributed by atoms with E-state index in [1.807, 2.05) is 25.1 Å². The van der Waals surface area contributed by atoms with Gasteiger partial charge in [0.25, 0.3) is 0 Å². The quantitative estimate of drug-likeness (QED) is 0.660. The summed E-state index contributed by atoms with van der Waals surface area (Å²) in [6.45, 7) is 9.55. The third-order valence-corrected chi connectivity index (χ3v) is 1.80. The fraction of sp³-hybridized carbons (Fsp3) is 0.0909.